The molecule has 1 saturated heterocycles. The second kappa shape index (κ2) is 7.76. The highest BCUT2D eigenvalue weighted by Gasteiger charge is 2.24. The zero-order valence-corrected chi connectivity index (χ0v) is 16.1. The molecule has 1 N–H and O–H groups in total. The van der Waals surface area contributed by atoms with Crippen molar-refractivity contribution in [1.29, 1.82) is 0 Å². The van der Waals surface area contributed by atoms with Crippen molar-refractivity contribution in [1.82, 2.24) is 5.32 Å². The third-order valence-electron chi connectivity index (χ3n) is 4.17. The quantitative estimate of drug-likeness (QED) is 0.444. The maximum atomic E-state index is 11.9. The number of aliphatic imine (C=N–C) groups is 1. The number of nitrogens with zero attached hydrogens (tertiary/aromatic N) is 2. The molecule has 0 bridgehead atoms. The van der Waals surface area contributed by atoms with E-state index in [0.717, 1.165) is 23.0 Å². The zero-order valence-electron chi connectivity index (χ0n) is 15.3. The van der Waals surface area contributed by atoms with E-state index in [1.165, 1.54) is 6.07 Å². The van der Waals surface area contributed by atoms with Gasteiger partial charge in [0.1, 0.15) is 17.4 Å². The number of carbonyl (C=O) groups excluding carboxylic acids is 1. The highest BCUT2D eigenvalue weighted by Crippen LogP contribution is 2.33. The number of furan rings is 1. The molecule has 1 aromatic heterocycles. The van der Waals surface area contributed by atoms with Crippen LogP contribution in [0, 0.1) is 17.0 Å². The van der Waals surface area contributed by atoms with E-state index in [1.54, 1.807) is 36.4 Å². The second-order valence-corrected chi connectivity index (χ2v) is 7.31. The predicted molar refractivity (Wildman–Crippen MR) is 113 cm³/mol. The Morgan fingerprint density at radius 1 is 1.14 bits per heavy atom. The van der Waals surface area contributed by atoms with Crippen LogP contribution in [-0.2, 0) is 0 Å². The molecule has 29 heavy (non-hydrogen) atoms. The summed E-state index contributed by atoms with van der Waals surface area (Å²) in [4.78, 5) is 27.8. The first-order valence-corrected chi connectivity index (χ1v) is 9.51. The second-order valence-electron chi connectivity index (χ2n) is 6.30. The van der Waals surface area contributed by atoms with Crippen LogP contribution >= 0.6 is 11.8 Å². The Morgan fingerprint density at radius 3 is 2.76 bits per heavy atom. The summed E-state index contributed by atoms with van der Waals surface area (Å²) in [7, 11) is 0. The lowest BCUT2D eigenvalue weighted by Gasteiger charge is -2.00. The maximum Gasteiger partial charge on any atom is 0.289 e. The van der Waals surface area contributed by atoms with Gasteiger partial charge in [-0.05, 0) is 60.7 Å². The molecule has 1 amide bonds. The minimum atomic E-state index is -0.446. The first-order valence-electron chi connectivity index (χ1n) is 8.69. The summed E-state index contributed by atoms with van der Waals surface area (Å²) in [5.41, 5.74) is 2.15. The van der Waals surface area contributed by atoms with E-state index in [-0.39, 0.29) is 10.9 Å². The van der Waals surface area contributed by atoms with Crippen molar-refractivity contribution in [3.05, 3.63) is 87.0 Å². The molecule has 0 atom stereocenters. The van der Waals surface area contributed by atoms with Crippen LogP contribution in [-0.4, -0.2) is 16.0 Å². The summed E-state index contributed by atoms with van der Waals surface area (Å²) >= 11 is 1.02. The van der Waals surface area contributed by atoms with Gasteiger partial charge in [-0.3, -0.25) is 14.9 Å². The molecule has 7 nitrogen and oxygen atoms in total. The SMILES string of the molecule is Cc1cccc(N=C2NC(=O)SC2=Cc2ccc(-c3ccccc3[N+](=O)[O-])o2)c1. The van der Waals surface area contributed by atoms with Gasteiger partial charge < -0.3 is 9.73 Å². The Labute approximate surface area is 170 Å². The Morgan fingerprint density at radius 2 is 1.97 bits per heavy atom. The van der Waals surface area contributed by atoms with Crippen LogP contribution in [0.15, 0.2) is 75.0 Å². The van der Waals surface area contributed by atoms with Crippen LogP contribution in [0.4, 0.5) is 16.2 Å². The van der Waals surface area contributed by atoms with Crippen LogP contribution in [0.1, 0.15) is 11.3 Å². The average molecular weight is 405 g/mol. The van der Waals surface area contributed by atoms with Gasteiger partial charge in [0.25, 0.3) is 10.9 Å². The van der Waals surface area contributed by atoms with Gasteiger partial charge in [0.2, 0.25) is 0 Å². The van der Waals surface area contributed by atoms with E-state index in [1.807, 2.05) is 31.2 Å². The lowest BCUT2D eigenvalue weighted by atomic mass is 10.1. The Kier molecular flexibility index (Phi) is 5.01. The number of rotatable bonds is 4. The van der Waals surface area contributed by atoms with Gasteiger partial charge in [0.05, 0.1) is 21.1 Å². The number of benzene rings is 2. The first-order chi connectivity index (χ1) is 14.0. The number of nitro groups is 1. The van der Waals surface area contributed by atoms with Crippen molar-refractivity contribution >= 4 is 40.3 Å². The molecule has 1 aliphatic rings. The number of amidine groups is 1. The number of thioether (sulfide) groups is 1. The molecule has 1 aliphatic heterocycles. The van der Waals surface area contributed by atoms with Gasteiger partial charge in [-0.15, -0.1) is 0 Å². The summed E-state index contributed by atoms with van der Waals surface area (Å²) in [5, 5.41) is 13.7. The molecule has 0 radical (unpaired) electrons. The molecule has 4 rings (SSSR count). The largest absolute Gasteiger partial charge is 0.456 e. The molecule has 144 valence electrons. The van der Waals surface area contributed by atoms with E-state index >= 15 is 0 Å². The molecule has 0 saturated carbocycles. The Bertz CT molecular complexity index is 1180. The minimum absolute atomic E-state index is 0.0326. The number of amides is 1. The predicted octanol–water partition coefficient (Wildman–Crippen LogP) is 5.69. The maximum absolute atomic E-state index is 11.9. The fourth-order valence-corrected chi connectivity index (χ4v) is 3.60. The number of nitro benzene ring substituents is 1. The Hall–Kier alpha value is -3.65. The third kappa shape index (κ3) is 4.12. The first kappa shape index (κ1) is 18.7. The highest BCUT2D eigenvalue weighted by atomic mass is 32.2. The lowest BCUT2D eigenvalue weighted by Crippen LogP contribution is -2.18. The van der Waals surface area contributed by atoms with E-state index in [2.05, 4.69) is 10.3 Å². The van der Waals surface area contributed by atoms with Crippen molar-refractivity contribution in [2.24, 2.45) is 4.99 Å². The van der Waals surface area contributed by atoms with Gasteiger partial charge in [-0.1, -0.05) is 24.3 Å². The number of para-hydroxylation sites is 1. The van der Waals surface area contributed by atoms with Gasteiger partial charge in [-0.25, -0.2) is 4.99 Å². The number of carbonyl (C=O) groups is 1. The monoisotopic (exact) mass is 405 g/mol. The van der Waals surface area contributed by atoms with Crippen molar-refractivity contribution in [3.8, 4) is 11.3 Å². The van der Waals surface area contributed by atoms with E-state index in [4.69, 9.17) is 4.42 Å². The lowest BCUT2D eigenvalue weighted by molar-refractivity contribution is -0.384. The molecular weight excluding hydrogens is 390 g/mol. The normalized spacial score (nSPS) is 16.4. The topological polar surface area (TPSA) is 97.7 Å². The van der Waals surface area contributed by atoms with Crippen LogP contribution in [0.2, 0.25) is 0 Å². The number of aryl methyl sites for hydroxylation is 1. The van der Waals surface area contributed by atoms with E-state index < -0.39 is 4.92 Å². The molecule has 0 spiro atoms. The van der Waals surface area contributed by atoms with Crippen molar-refractivity contribution < 1.29 is 14.1 Å². The number of nitrogens with one attached hydrogen (secondary N) is 1. The standard InChI is InChI=1S/C21H15N3O4S/c1-13-5-4-6-14(11-13)22-20-19(29-21(25)23-20)12-15-9-10-18(28-15)16-7-2-3-8-17(16)24(26)27/h2-12H,1H3,(H,22,23,25). The van der Waals surface area contributed by atoms with Crippen LogP contribution in [0.3, 0.4) is 0 Å². The summed E-state index contributed by atoms with van der Waals surface area (Å²) in [5.74, 6) is 1.28. The summed E-state index contributed by atoms with van der Waals surface area (Å²) in [6.07, 6.45) is 1.69. The third-order valence-corrected chi connectivity index (χ3v) is 4.98. The molecule has 0 unspecified atom stereocenters. The number of hydrogen-bond donors (Lipinski definition) is 1. The summed E-state index contributed by atoms with van der Waals surface area (Å²) in [6.45, 7) is 1.97. The van der Waals surface area contributed by atoms with Gasteiger partial charge in [-0.2, -0.15) is 0 Å². The van der Waals surface area contributed by atoms with Gasteiger partial charge in [0, 0.05) is 6.07 Å². The fraction of sp³-hybridized carbons (Fsp3) is 0.0476. The summed E-state index contributed by atoms with van der Waals surface area (Å²) < 4.78 is 5.79. The summed E-state index contributed by atoms with van der Waals surface area (Å²) in [6, 6.07) is 17.4. The highest BCUT2D eigenvalue weighted by molar-refractivity contribution is 8.18. The average Bonchev–Trinajstić information content (AvgIpc) is 3.28. The Balaban J connectivity index is 1.67. The fourth-order valence-electron chi connectivity index (χ4n) is 2.89. The molecule has 3 aromatic rings. The van der Waals surface area contributed by atoms with Crippen LogP contribution in [0.25, 0.3) is 17.4 Å². The zero-order chi connectivity index (χ0) is 20.4. The van der Waals surface area contributed by atoms with Crippen LogP contribution in [0.5, 0.6) is 0 Å². The van der Waals surface area contributed by atoms with Crippen LogP contribution < -0.4 is 5.32 Å². The smallest absolute Gasteiger partial charge is 0.289 e. The molecule has 2 aromatic carbocycles. The van der Waals surface area contributed by atoms with Crippen molar-refractivity contribution in [2.45, 2.75) is 6.92 Å². The van der Waals surface area contributed by atoms with Gasteiger partial charge in [0.15, 0.2) is 0 Å². The van der Waals surface area contributed by atoms with Crippen molar-refractivity contribution in [2.75, 3.05) is 0 Å². The molecule has 2 heterocycles. The molecular formula is C21H15N3O4S. The molecule has 8 heteroatoms. The van der Waals surface area contributed by atoms with E-state index in [9.17, 15) is 14.9 Å². The minimum Gasteiger partial charge on any atom is -0.456 e. The van der Waals surface area contributed by atoms with Crippen molar-refractivity contribution in [3.63, 3.8) is 0 Å². The number of hydrogen-bond acceptors (Lipinski definition) is 6. The molecule has 1 fully saturated rings. The van der Waals surface area contributed by atoms with E-state index in [0.29, 0.717) is 27.8 Å². The van der Waals surface area contributed by atoms with Gasteiger partial charge >= 0.3 is 0 Å². The molecule has 0 aliphatic carbocycles.